The van der Waals surface area contributed by atoms with E-state index in [1.54, 1.807) is 0 Å². The van der Waals surface area contributed by atoms with Gasteiger partial charge in [0.05, 0.1) is 6.61 Å². The third kappa shape index (κ3) is 4.70. The Bertz CT molecular complexity index is 703. The number of hydrogen-bond donors (Lipinski definition) is 0. The molecule has 1 fully saturated rings. The summed E-state index contributed by atoms with van der Waals surface area (Å²) >= 11 is 0. The minimum atomic E-state index is 0.159. The summed E-state index contributed by atoms with van der Waals surface area (Å²) < 4.78 is 5.86. The van der Waals surface area contributed by atoms with E-state index in [4.69, 9.17) is 4.74 Å². The summed E-state index contributed by atoms with van der Waals surface area (Å²) in [6.45, 7) is 7.23. The van der Waals surface area contributed by atoms with E-state index in [1.807, 2.05) is 41.3 Å². The number of benzene rings is 2. The number of hydrogen-bond acceptors (Lipinski definition) is 2. The van der Waals surface area contributed by atoms with Gasteiger partial charge in [-0.3, -0.25) is 4.79 Å². The Morgan fingerprint density at radius 1 is 1.04 bits per heavy atom. The Hall–Kier alpha value is -2.13. The Labute approximate surface area is 150 Å². The molecule has 1 heterocycles. The van der Waals surface area contributed by atoms with E-state index in [2.05, 4.69) is 26.0 Å². The molecule has 1 amide bonds. The highest BCUT2D eigenvalue weighted by Gasteiger charge is 2.23. The molecule has 1 aliphatic rings. The lowest BCUT2D eigenvalue weighted by atomic mass is 9.97. The zero-order valence-electron chi connectivity index (χ0n) is 15.2. The predicted octanol–water partition coefficient (Wildman–Crippen LogP) is 4.37. The fourth-order valence-corrected chi connectivity index (χ4v) is 3.28. The van der Waals surface area contributed by atoms with E-state index in [0.29, 0.717) is 12.5 Å². The van der Waals surface area contributed by atoms with Crippen molar-refractivity contribution in [1.29, 1.82) is 0 Å². The molecule has 0 bridgehead atoms. The molecular weight excluding hydrogens is 310 g/mol. The number of ether oxygens (including phenoxy) is 1. The maximum Gasteiger partial charge on any atom is 0.253 e. The second-order valence-corrected chi connectivity index (χ2v) is 7.04. The number of nitrogens with zero attached hydrogens (tertiary/aromatic N) is 1. The lowest BCUT2D eigenvalue weighted by molar-refractivity contribution is 0.0478. The number of aryl methyl sites for hydroxylation is 2. The van der Waals surface area contributed by atoms with Gasteiger partial charge in [-0.15, -0.1) is 0 Å². The van der Waals surface area contributed by atoms with Gasteiger partial charge in [0, 0.05) is 25.3 Å². The first-order valence-electron chi connectivity index (χ1n) is 9.11. The van der Waals surface area contributed by atoms with Crippen LogP contribution in [-0.2, 0) is 11.3 Å². The number of piperidine rings is 1. The van der Waals surface area contributed by atoms with Gasteiger partial charge in [0.25, 0.3) is 5.91 Å². The molecule has 1 saturated heterocycles. The number of amides is 1. The van der Waals surface area contributed by atoms with Crippen molar-refractivity contribution in [3.63, 3.8) is 0 Å². The standard InChI is InChI=1S/C22H27NO2/c1-17-8-9-21(14-18(17)2)22(24)23-12-10-20(11-13-23)16-25-15-19-6-4-3-5-7-19/h3-9,14,20H,10-13,15-16H2,1-2H3. The number of carbonyl (C=O) groups excluding carboxylic acids is 1. The molecule has 3 heteroatoms. The van der Waals surface area contributed by atoms with Gasteiger partial charge in [0.15, 0.2) is 0 Å². The molecule has 0 N–H and O–H groups in total. The summed E-state index contributed by atoms with van der Waals surface area (Å²) in [5, 5.41) is 0. The molecule has 0 radical (unpaired) electrons. The van der Waals surface area contributed by atoms with Crippen LogP contribution in [0.3, 0.4) is 0 Å². The van der Waals surface area contributed by atoms with Gasteiger partial charge >= 0.3 is 0 Å². The zero-order valence-corrected chi connectivity index (χ0v) is 15.2. The molecule has 0 saturated carbocycles. The van der Waals surface area contributed by atoms with Gasteiger partial charge in [0.1, 0.15) is 0 Å². The maximum atomic E-state index is 12.7. The van der Waals surface area contributed by atoms with Gasteiger partial charge in [-0.1, -0.05) is 36.4 Å². The van der Waals surface area contributed by atoms with E-state index < -0.39 is 0 Å². The largest absolute Gasteiger partial charge is 0.376 e. The Balaban J connectivity index is 1.45. The van der Waals surface area contributed by atoms with Crippen LogP contribution in [0, 0.1) is 19.8 Å². The van der Waals surface area contributed by atoms with Crippen LogP contribution in [0.15, 0.2) is 48.5 Å². The van der Waals surface area contributed by atoms with E-state index in [1.165, 1.54) is 16.7 Å². The average Bonchev–Trinajstić information content (AvgIpc) is 2.65. The summed E-state index contributed by atoms with van der Waals surface area (Å²) in [6.07, 6.45) is 2.04. The van der Waals surface area contributed by atoms with Crippen LogP contribution in [0.2, 0.25) is 0 Å². The van der Waals surface area contributed by atoms with Crippen LogP contribution < -0.4 is 0 Å². The van der Waals surface area contributed by atoms with E-state index in [9.17, 15) is 4.79 Å². The highest BCUT2D eigenvalue weighted by Crippen LogP contribution is 2.21. The molecule has 0 spiro atoms. The summed E-state index contributed by atoms with van der Waals surface area (Å²) in [5.41, 5.74) is 4.42. The molecule has 3 rings (SSSR count). The molecule has 3 nitrogen and oxygen atoms in total. The summed E-state index contributed by atoms with van der Waals surface area (Å²) in [4.78, 5) is 14.6. The minimum absolute atomic E-state index is 0.159. The highest BCUT2D eigenvalue weighted by atomic mass is 16.5. The fraction of sp³-hybridized carbons (Fsp3) is 0.409. The molecule has 132 valence electrons. The van der Waals surface area contributed by atoms with Gasteiger partial charge in [-0.25, -0.2) is 0 Å². The van der Waals surface area contributed by atoms with E-state index in [0.717, 1.165) is 38.1 Å². The van der Waals surface area contributed by atoms with Crippen molar-refractivity contribution >= 4 is 5.91 Å². The first-order chi connectivity index (χ1) is 12.1. The van der Waals surface area contributed by atoms with Gasteiger partial charge in [-0.2, -0.15) is 0 Å². The number of rotatable bonds is 5. The molecule has 0 unspecified atom stereocenters. The van der Waals surface area contributed by atoms with Crippen molar-refractivity contribution in [2.24, 2.45) is 5.92 Å². The normalized spacial score (nSPS) is 15.4. The van der Waals surface area contributed by atoms with Crippen molar-refractivity contribution in [2.75, 3.05) is 19.7 Å². The molecular formula is C22H27NO2. The topological polar surface area (TPSA) is 29.5 Å². The molecule has 1 aliphatic heterocycles. The van der Waals surface area contributed by atoms with E-state index in [-0.39, 0.29) is 5.91 Å². The van der Waals surface area contributed by atoms with Crippen molar-refractivity contribution in [1.82, 2.24) is 4.90 Å². The number of likely N-dealkylation sites (tertiary alicyclic amines) is 1. The zero-order chi connectivity index (χ0) is 17.6. The molecule has 0 aromatic heterocycles. The average molecular weight is 337 g/mol. The monoisotopic (exact) mass is 337 g/mol. The van der Waals surface area contributed by atoms with Gasteiger partial charge in [0.2, 0.25) is 0 Å². The highest BCUT2D eigenvalue weighted by molar-refractivity contribution is 5.94. The summed E-state index contributed by atoms with van der Waals surface area (Å²) in [5.74, 6) is 0.708. The Morgan fingerprint density at radius 2 is 1.76 bits per heavy atom. The second kappa shape index (κ2) is 8.30. The smallest absolute Gasteiger partial charge is 0.253 e. The quantitative estimate of drug-likeness (QED) is 0.811. The van der Waals surface area contributed by atoms with Gasteiger partial charge in [-0.05, 0) is 61.4 Å². The molecule has 2 aromatic rings. The lowest BCUT2D eigenvalue weighted by Crippen LogP contribution is -2.39. The van der Waals surface area contributed by atoms with Crippen LogP contribution >= 0.6 is 0 Å². The predicted molar refractivity (Wildman–Crippen MR) is 101 cm³/mol. The first kappa shape index (κ1) is 17.7. The SMILES string of the molecule is Cc1ccc(C(=O)N2CCC(COCc3ccccc3)CC2)cc1C. The number of carbonyl (C=O) groups is 1. The minimum Gasteiger partial charge on any atom is -0.376 e. The Kier molecular flexibility index (Phi) is 5.87. The summed E-state index contributed by atoms with van der Waals surface area (Å²) in [6, 6.07) is 16.3. The van der Waals surface area contributed by atoms with Crippen LogP contribution in [-0.4, -0.2) is 30.5 Å². The van der Waals surface area contributed by atoms with Crippen molar-refractivity contribution in [2.45, 2.75) is 33.3 Å². The second-order valence-electron chi connectivity index (χ2n) is 7.04. The first-order valence-corrected chi connectivity index (χ1v) is 9.11. The van der Waals surface area contributed by atoms with Crippen molar-refractivity contribution < 1.29 is 9.53 Å². The lowest BCUT2D eigenvalue weighted by Gasteiger charge is -2.32. The third-order valence-electron chi connectivity index (χ3n) is 5.12. The molecule has 25 heavy (non-hydrogen) atoms. The Morgan fingerprint density at radius 3 is 2.44 bits per heavy atom. The van der Waals surface area contributed by atoms with Crippen molar-refractivity contribution in [3.05, 3.63) is 70.8 Å². The van der Waals surface area contributed by atoms with Crippen LogP contribution in [0.4, 0.5) is 0 Å². The summed E-state index contributed by atoms with van der Waals surface area (Å²) in [7, 11) is 0. The van der Waals surface area contributed by atoms with Crippen molar-refractivity contribution in [3.8, 4) is 0 Å². The molecule has 2 aromatic carbocycles. The van der Waals surface area contributed by atoms with E-state index >= 15 is 0 Å². The van der Waals surface area contributed by atoms with Crippen LogP contribution in [0.5, 0.6) is 0 Å². The maximum absolute atomic E-state index is 12.7. The van der Waals surface area contributed by atoms with Gasteiger partial charge < -0.3 is 9.64 Å². The van der Waals surface area contributed by atoms with Crippen LogP contribution in [0.25, 0.3) is 0 Å². The molecule has 0 atom stereocenters. The fourth-order valence-electron chi connectivity index (χ4n) is 3.28. The van der Waals surface area contributed by atoms with Crippen LogP contribution in [0.1, 0.15) is 39.9 Å². The molecule has 0 aliphatic carbocycles. The third-order valence-corrected chi connectivity index (χ3v) is 5.12.